The van der Waals surface area contributed by atoms with Gasteiger partial charge in [0, 0.05) is 39.8 Å². The molecule has 4 rings (SSSR count). The largest absolute Gasteiger partial charge is 0.416 e. The van der Waals surface area contributed by atoms with Gasteiger partial charge in [0.05, 0.1) is 24.8 Å². The predicted molar refractivity (Wildman–Crippen MR) is 126 cm³/mol. The molecule has 1 aromatic rings. The fraction of sp³-hybridized carbons (Fsp3) is 0.682. The zero-order valence-corrected chi connectivity index (χ0v) is 20.3. The standard InChI is InChI=1S/C22H31F3N4O.HI/c1-26-20(29-10-9-21(16-29)7-2-8-21)27-15-19(28-11-13-30-14-12-28)17-3-5-18(6-4-17)22(23,24)25;/h3-6,19H,2,7-16H2,1H3,(H,26,27);1H. The van der Waals surface area contributed by atoms with Gasteiger partial charge in [0.2, 0.25) is 0 Å². The van der Waals surface area contributed by atoms with Crippen molar-refractivity contribution in [3.05, 3.63) is 35.4 Å². The molecule has 1 atom stereocenters. The average Bonchev–Trinajstić information content (AvgIpc) is 3.18. The van der Waals surface area contributed by atoms with Gasteiger partial charge < -0.3 is 15.0 Å². The Hall–Kier alpha value is -1.07. The van der Waals surface area contributed by atoms with Crippen LogP contribution in [0.2, 0.25) is 0 Å². The quantitative estimate of drug-likeness (QED) is 0.347. The van der Waals surface area contributed by atoms with E-state index in [2.05, 4.69) is 20.1 Å². The van der Waals surface area contributed by atoms with Gasteiger partial charge in [-0.15, -0.1) is 24.0 Å². The molecule has 1 unspecified atom stereocenters. The second kappa shape index (κ2) is 10.2. The Morgan fingerprint density at radius 1 is 1.13 bits per heavy atom. The molecule has 1 aromatic carbocycles. The summed E-state index contributed by atoms with van der Waals surface area (Å²) >= 11 is 0. The predicted octanol–water partition coefficient (Wildman–Crippen LogP) is 4.15. The lowest BCUT2D eigenvalue weighted by atomic mass is 9.68. The van der Waals surface area contributed by atoms with E-state index in [0.717, 1.165) is 37.7 Å². The molecule has 3 fully saturated rings. The third kappa shape index (κ3) is 5.65. The minimum Gasteiger partial charge on any atom is -0.379 e. The molecule has 2 aliphatic heterocycles. The van der Waals surface area contributed by atoms with Crippen molar-refractivity contribution < 1.29 is 17.9 Å². The van der Waals surface area contributed by atoms with Crippen molar-refractivity contribution in [3.63, 3.8) is 0 Å². The number of nitrogens with zero attached hydrogens (tertiary/aromatic N) is 3. The summed E-state index contributed by atoms with van der Waals surface area (Å²) in [7, 11) is 1.80. The summed E-state index contributed by atoms with van der Waals surface area (Å²) in [5.41, 5.74) is 0.748. The minimum atomic E-state index is -4.32. The van der Waals surface area contributed by atoms with Crippen LogP contribution in [0, 0.1) is 5.41 Å². The number of alkyl halides is 3. The molecule has 2 heterocycles. The number of likely N-dealkylation sites (tertiary alicyclic amines) is 1. The topological polar surface area (TPSA) is 40.1 Å². The van der Waals surface area contributed by atoms with Crippen molar-refractivity contribution in [1.29, 1.82) is 0 Å². The molecule has 1 spiro atoms. The Kier molecular flexibility index (Phi) is 8.12. The molecule has 5 nitrogen and oxygen atoms in total. The highest BCUT2D eigenvalue weighted by Gasteiger charge is 2.43. The number of hydrogen-bond acceptors (Lipinski definition) is 3. The molecule has 0 bridgehead atoms. The average molecular weight is 552 g/mol. The summed E-state index contributed by atoms with van der Waals surface area (Å²) in [5.74, 6) is 0.893. The molecule has 174 valence electrons. The van der Waals surface area contributed by atoms with Crippen LogP contribution in [0.15, 0.2) is 29.3 Å². The first-order valence-electron chi connectivity index (χ1n) is 10.8. The van der Waals surface area contributed by atoms with E-state index in [4.69, 9.17) is 4.74 Å². The van der Waals surface area contributed by atoms with Crippen LogP contribution in [-0.4, -0.2) is 68.7 Å². The molecular weight excluding hydrogens is 520 g/mol. The van der Waals surface area contributed by atoms with Crippen molar-refractivity contribution in [2.45, 2.75) is 37.9 Å². The van der Waals surface area contributed by atoms with Gasteiger partial charge in [-0.1, -0.05) is 18.6 Å². The normalized spacial score (nSPS) is 22.7. The number of nitrogens with one attached hydrogen (secondary N) is 1. The SMILES string of the molecule is CN=C(NCC(c1ccc(C(F)(F)F)cc1)N1CCOCC1)N1CCC2(CCC2)C1.I. The number of ether oxygens (including phenoxy) is 1. The zero-order valence-electron chi connectivity index (χ0n) is 18.0. The number of halogens is 4. The third-order valence-electron chi connectivity index (χ3n) is 6.93. The van der Waals surface area contributed by atoms with E-state index in [1.165, 1.54) is 37.8 Å². The van der Waals surface area contributed by atoms with Gasteiger partial charge >= 0.3 is 6.18 Å². The van der Waals surface area contributed by atoms with Crippen LogP contribution in [0.4, 0.5) is 13.2 Å². The van der Waals surface area contributed by atoms with Crippen LogP contribution in [0.1, 0.15) is 42.9 Å². The number of rotatable bonds is 4. The number of aliphatic imine (C=N–C) groups is 1. The first kappa shape index (κ1) is 24.6. The van der Waals surface area contributed by atoms with Gasteiger partial charge in [0.1, 0.15) is 0 Å². The van der Waals surface area contributed by atoms with Crippen LogP contribution in [0.25, 0.3) is 0 Å². The second-order valence-electron chi connectivity index (χ2n) is 8.74. The highest BCUT2D eigenvalue weighted by Crippen LogP contribution is 2.47. The lowest BCUT2D eigenvalue weighted by molar-refractivity contribution is -0.137. The van der Waals surface area contributed by atoms with Gasteiger partial charge in [-0.25, -0.2) is 0 Å². The maximum atomic E-state index is 13.0. The first-order chi connectivity index (χ1) is 14.4. The Morgan fingerprint density at radius 2 is 1.81 bits per heavy atom. The van der Waals surface area contributed by atoms with E-state index in [1.807, 2.05) is 0 Å². The number of benzene rings is 1. The molecular formula is C22H32F3IN4O. The molecule has 3 aliphatic rings. The van der Waals surface area contributed by atoms with E-state index in [9.17, 15) is 13.2 Å². The van der Waals surface area contributed by atoms with Gasteiger partial charge in [-0.3, -0.25) is 9.89 Å². The van der Waals surface area contributed by atoms with Crippen molar-refractivity contribution in [1.82, 2.24) is 15.1 Å². The Bertz CT molecular complexity index is 746. The monoisotopic (exact) mass is 552 g/mol. The molecule has 1 aliphatic carbocycles. The highest BCUT2D eigenvalue weighted by atomic mass is 127. The zero-order chi connectivity index (χ0) is 21.2. The van der Waals surface area contributed by atoms with Crippen molar-refractivity contribution in [2.24, 2.45) is 10.4 Å². The van der Waals surface area contributed by atoms with Crippen LogP contribution in [0.3, 0.4) is 0 Å². The van der Waals surface area contributed by atoms with Gasteiger partial charge in [0.15, 0.2) is 5.96 Å². The molecule has 9 heteroatoms. The van der Waals surface area contributed by atoms with Gasteiger partial charge in [-0.05, 0) is 42.4 Å². The van der Waals surface area contributed by atoms with E-state index < -0.39 is 11.7 Å². The van der Waals surface area contributed by atoms with Crippen molar-refractivity contribution in [2.75, 3.05) is 53.0 Å². The molecule has 1 N–H and O–H groups in total. The molecule has 31 heavy (non-hydrogen) atoms. The summed E-state index contributed by atoms with van der Waals surface area (Å²) in [4.78, 5) is 9.11. The Morgan fingerprint density at radius 3 is 2.32 bits per heavy atom. The van der Waals surface area contributed by atoms with E-state index in [1.54, 1.807) is 19.2 Å². The number of morpholine rings is 1. The molecule has 0 aromatic heterocycles. The Balaban J connectivity index is 0.00000272. The maximum Gasteiger partial charge on any atom is 0.416 e. The molecule has 1 saturated carbocycles. The molecule has 0 amide bonds. The summed E-state index contributed by atoms with van der Waals surface area (Å²) in [5, 5.41) is 3.51. The van der Waals surface area contributed by atoms with Crippen LogP contribution < -0.4 is 5.32 Å². The fourth-order valence-electron chi connectivity index (χ4n) is 4.96. The lowest BCUT2D eigenvalue weighted by Crippen LogP contribution is -2.47. The van der Waals surface area contributed by atoms with Gasteiger partial charge in [-0.2, -0.15) is 13.2 Å². The second-order valence-corrected chi connectivity index (χ2v) is 8.74. The van der Waals surface area contributed by atoms with E-state index in [0.29, 0.717) is 25.2 Å². The van der Waals surface area contributed by atoms with E-state index >= 15 is 0 Å². The molecule has 2 saturated heterocycles. The summed E-state index contributed by atoms with van der Waals surface area (Å²) in [6.45, 7) is 5.47. The maximum absolute atomic E-state index is 13.0. The fourth-order valence-corrected chi connectivity index (χ4v) is 4.96. The lowest BCUT2D eigenvalue weighted by Gasteiger charge is -2.38. The summed E-state index contributed by atoms with van der Waals surface area (Å²) < 4.78 is 44.4. The van der Waals surface area contributed by atoms with Gasteiger partial charge in [0.25, 0.3) is 0 Å². The Labute approximate surface area is 199 Å². The van der Waals surface area contributed by atoms with Crippen molar-refractivity contribution >= 4 is 29.9 Å². The smallest absolute Gasteiger partial charge is 0.379 e. The first-order valence-corrected chi connectivity index (χ1v) is 10.8. The number of hydrogen-bond donors (Lipinski definition) is 1. The summed E-state index contributed by atoms with van der Waals surface area (Å²) in [6, 6.07) is 5.53. The van der Waals surface area contributed by atoms with E-state index in [-0.39, 0.29) is 30.0 Å². The number of guanidine groups is 1. The van der Waals surface area contributed by atoms with Crippen molar-refractivity contribution in [3.8, 4) is 0 Å². The van der Waals surface area contributed by atoms with Crippen LogP contribution in [-0.2, 0) is 10.9 Å². The van der Waals surface area contributed by atoms with Crippen LogP contribution in [0.5, 0.6) is 0 Å². The minimum absolute atomic E-state index is 0. The third-order valence-corrected chi connectivity index (χ3v) is 6.93. The summed E-state index contributed by atoms with van der Waals surface area (Å²) in [6.07, 6.45) is 0.845. The van der Waals surface area contributed by atoms with Crippen LogP contribution >= 0.6 is 24.0 Å². The highest BCUT2D eigenvalue weighted by molar-refractivity contribution is 14.0. The molecule has 0 radical (unpaired) electrons.